The first-order valence-corrected chi connectivity index (χ1v) is 10.3. The van der Waals surface area contributed by atoms with Crippen LogP contribution in [-0.4, -0.2) is 32.1 Å². The third-order valence-electron chi connectivity index (χ3n) is 4.92. The molecule has 4 rings (SSSR count). The van der Waals surface area contributed by atoms with E-state index in [9.17, 15) is 4.79 Å². The van der Waals surface area contributed by atoms with E-state index in [1.807, 2.05) is 81.4 Å². The fraction of sp³-hybridized carbons (Fsp3) is 0.250. The molecule has 0 atom stereocenters. The van der Waals surface area contributed by atoms with Crippen LogP contribution in [0.5, 0.6) is 5.75 Å². The number of aryl methyl sites for hydroxylation is 2. The Morgan fingerprint density at radius 1 is 1.03 bits per heavy atom. The van der Waals surface area contributed by atoms with E-state index in [2.05, 4.69) is 15.1 Å². The first-order chi connectivity index (χ1) is 15.0. The van der Waals surface area contributed by atoms with Crippen LogP contribution in [0.15, 0.2) is 60.7 Å². The number of hydrogen-bond donors (Lipinski definition) is 0. The second-order valence-corrected chi connectivity index (χ2v) is 7.35. The van der Waals surface area contributed by atoms with Crippen molar-refractivity contribution in [3.8, 4) is 5.75 Å². The summed E-state index contributed by atoms with van der Waals surface area (Å²) in [5.41, 5.74) is 3.56. The van der Waals surface area contributed by atoms with Gasteiger partial charge in [0.25, 0.3) is 5.78 Å². The predicted molar refractivity (Wildman–Crippen MR) is 119 cm³/mol. The van der Waals surface area contributed by atoms with Crippen LogP contribution in [0.25, 0.3) is 5.78 Å². The van der Waals surface area contributed by atoms with E-state index in [0.717, 1.165) is 28.4 Å². The van der Waals surface area contributed by atoms with Gasteiger partial charge < -0.3 is 9.64 Å². The van der Waals surface area contributed by atoms with Crippen molar-refractivity contribution < 1.29 is 9.53 Å². The number of hydrogen-bond acceptors (Lipinski definition) is 5. The SMILES string of the molecule is CCOc1ccc(N(Cc2nc3nc(C)cc(C)n3n2)C(=O)Cc2ccccc2)cc1. The molecule has 7 heteroatoms. The average molecular weight is 415 g/mol. The number of rotatable bonds is 7. The molecule has 0 bridgehead atoms. The monoisotopic (exact) mass is 415 g/mol. The molecule has 0 radical (unpaired) electrons. The fourth-order valence-electron chi connectivity index (χ4n) is 3.49. The molecule has 2 aromatic heterocycles. The van der Waals surface area contributed by atoms with Crippen LogP contribution in [0.1, 0.15) is 29.7 Å². The Bertz CT molecular complexity index is 1190. The lowest BCUT2D eigenvalue weighted by Gasteiger charge is -2.22. The van der Waals surface area contributed by atoms with Gasteiger partial charge in [0.1, 0.15) is 5.75 Å². The third-order valence-corrected chi connectivity index (χ3v) is 4.92. The minimum atomic E-state index is -0.0323. The Morgan fingerprint density at radius 2 is 1.77 bits per heavy atom. The van der Waals surface area contributed by atoms with E-state index in [0.29, 0.717) is 18.2 Å². The van der Waals surface area contributed by atoms with E-state index in [1.165, 1.54) is 0 Å². The van der Waals surface area contributed by atoms with E-state index in [4.69, 9.17) is 4.74 Å². The summed E-state index contributed by atoms with van der Waals surface area (Å²) in [5.74, 6) is 1.81. The van der Waals surface area contributed by atoms with Gasteiger partial charge in [-0.15, -0.1) is 5.10 Å². The lowest BCUT2D eigenvalue weighted by atomic mass is 10.1. The molecule has 0 N–H and O–H groups in total. The summed E-state index contributed by atoms with van der Waals surface area (Å²) in [6.07, 6.45) is 0.289. The zero-order valence-electron chi connectivity index (χ0n) is 17.9. The number of nitrogens with zero attached hydrogens (tertiary/aromatic N) is 5. The van der Waals surface area contributed by atoms with E-state index in [-0.39, 0.29) is 18.9 Å². The van der Waals surface area contributed by atoms with Gasteiger partial charge in [-0.2, -0.15) is 4.98 Å². The number of anilines is 1. The molecule has 0 fully saturated rings. The highest BCUT2D eigenvalue weighted by molar-refractivity contribution is 5.94. The molecule has 0 saturated carbocycles. The van der Waals surface area contributed by atoms with Gasteiger partial charge in [-0.25, -0.2) is 9.50 Å². The molecule has 0 aliphatic rings. The zero-order valence-corrected chi connectivity index (χ0v) is 17.9. The number of benzene rings is 2. The second kappa shape index (κ2) is 8.95. The maximum atomic E-state index is 13.3. The van der Waals surface area contributed by atoms with Gasteiger partial charge in [0, 0.05) is 17.1 Å². The van der Waals surface area contributed by atoms with E-state index < -0.39 is 0 Å². The highest BCUT2D eigenvalue weighted by Crippen LogP contribution is 2.22. The normalized spacial score (nSPS) is 10.9. The number of aromatic nitrogens is 4. The molecule has 0 spiro atoms. The maximum Gasteiger partial charge on any atom is 0.252 e. The van der Waals surface area contributed by atoms with Crippen molar-refractivity contribution in [3.63, 3.8) is 0 Å². The predicted octanol–water partition coefficient (Wildman–Crippen LogP) is 3.92. The van der Waals surface area contributed by atoms with Crippen molar-refractivity contribution in [2.45, 2.75) is 33.7 Å². The Kier molecular flexibility index (Phi) is 5.93. The Labute approximate surface area is 181 Å². The summed E-state index contributed by atoms with van der Waals surface area (Å²) < 4.78 is 7.25. The van der Waals surface area contributed by atoms with Gasteiger partial charge in [-0.1, -0.05) is 30.3 Å². The standard InChI is InChI=1S/C24H25N5O2/c1-4-31-21-12-10-20(11-13-21)28(23(30)15-19-8-6-5-7-9-19)16-22-26-24-25-17(2)14-18(3)29(24)27-22/h5-14H,4,15-16H2,1-3H3. The molecule has 2 aromatic carbocycles. The number of amides is 1. The van der Waals surface area contributed by atoms with Crippen LogP contribution in [0, 0.1) is 13.8 Å². The molecule has 0 saturated heterocycles. The molecule has 7 nitrogen and oxygen atoms in total. The van der Waals surface area contributed by atoms with Crippen molar-refractivity contribution in [2.75, 3.05) is 11.5 Å². The zero-order chi connectivity index (χ0) is 21.8. The summed E-state index contributed by atoms with van der Waals surface area (Å²) in [4.78, 5) is 24.0. The Morgan fingerprint density at radius 3 is 2.48 bits per heavy atom. The van der Waals surface area contributed by atoms with Crippen molar-refractivity contribution in [1.29, 1.82) is 0 Å². The van der Waals surface area contributed by atoms with E-state index >= 15 is 0 Å². The number of fused-ring (bicyclic) bond motifs is 1. The van der Waals surface area contributed by atoms with Crippen LogP contribution in [-0.2, 0) is 17.8 Å². The minimum absolute atomic E-state index is 0.0323. The summed E-state index contributed by atoms with van der Waals surface area (Å²) in [6.45, 7) is 6.67. The highest BCUT2D eigenvalue weighted by Gasteiger charge is 2.20. The van der Waals surface area contributed by atoms with Crippen LogP contribution in [0.3, 0.4) is 0 Å². The van der Waals surface area contributed by atoms with Crippen LogP contribution >= 0.6 is 0 Å². The summed E-state index contributed by atoms with van der Waals surface area (Å²) in [6, 6.07) is 19.2. The summed E-state index contributed by atoms with van der Waals surface area (Å²) in [7, 11) is 0. The molecule has 1 amide bonds. The summed E-state index contributed by atoms with van der Waals surface area (Å²) in [5, 5.41) is 4.58. The smallest absolute Gasteiger partial charge is 0.252 e. The van der Waals surface area contributed by atoms with E-state index in [1.54, 1.807) is 9.42 Å². The topological polar surface area (TPSA) is 72.6 Å². The first-order valence-electron chi connectivity index (χ1n) is 10.3. The lowest BCUT2D eigenvalue weighted by Crippen LogP contribution is -2.32. The molecule has 31 heavy (non-hydrogen) atoms. The highest BCUT2D eigenvalue weighted by atomic mass is 16.5. The van der Waals surface area contributed by atoms with Gasteiger partial charge in [-0.3, -0.25) is 4.79 Å². The van der Waals surface area contributed by atoms with Gasteiger partial charge in [0.15, 0.2) is 5.82 Å². The molecule has 0 aliphatic carbocycles. The first kappa shape index (κ1) is 20.5. The fourth-order valence-corrected chi connectivity index (χ4v) is 3.49. The van der Waals surface area contributed by atoms with Crippen molar-refractivity contribution in [2.24, 2.45) is 0 Å². The number of carbonyl (C=O) groups is 1. The molecule has 158 valence electrons. The molecule has 0 unspecified atom stereocenters. The van der Waals surface area contributed by atoms with Gasteiger partial charge in [-0.05, 0) is 56.7 Å². The lowest BCUT2D eigenvalue weighted by molar-refractivity contribution is -0.118. The number of ether oxygens (including phenoxy) is 1. The van der Waals surface area contributed by atoms with Crippen LogP contribution in [0.4, 0.5) is 5.69 Å². The van der Waals surface area contributed by atoms with Gasteiger partial charge in [0.05, 0.1) is 19.6 Å². The number of carbonyl (C=O) groups excluding carboxylic acids is 1. The van der Waals surface area contributed by atoms with Crippen LogP contribution in [0.2, 0.25) is 0 Å². The van der Waals surface area contributed by atoms with Crippen molar-refractivity contribution in [3.05, 3.63) is 83.4 Å². The third kappa shape index (κ3) is 4.71. The molecule has 0 aliphatic heterocycles. The molecule has 2 heterocycles. The maximum absolute atomic E-state index is 13.3. The minimum Gasteiger partial charge on any atom is -0.494 e. The Balaban J connectivity index is 1.66. The van der Waals surface area contributed by atoms with Gasteiger partial charge >= 0.3 is 0 Å². The van der Waals surface area contributed by atoms with Crippen molar-refractivity contribution in [1.82, 2.24) is 19.6 Å². The molecular formula is C24H25N5O2. The van der Waals surface area contributed by atoms with Gasteiger partial charge in [0.2, 0.25) is 5.91 Å². The molecular weight excluding hydrogens is 390 g/mol. The quantitative estimate of drug-likeness (QED) is 0.458. The second-order valence-electron chi connectivity index (χ2n) is 7.35. The summed E-state index contributed by atoms with van der Waals surface area (Å²) >= 11 is 0. The molecule has 4 aromatic rings. The largest absolute Gasteiger partial charge is 0.494 e. The Hall–Kier alpha value is -3.74. The average Bonchev–Trinajstić information content (AvgIpc) is 3.16. The van der Waals surface area contributed by atoms with Crippen LogP contribution < -0.4 is 9.64 Å². The van der Waals surface area contributed by atoms with Crippen molar-refractivity contribution >= 4 is 17.4 Å².